The number of benzene rings is 3. The molecule has 3 aromatic rings. The van der Waals surface area contributed by atoms with Gasteiger partial charge in [0.15, 0.2) is 11.5 Å². The van der Waals surface area contributed by atoms with E-state index >= 15 is 0 Å². The van der Waals surface area contributed by atoms with E-state index in [4.69, 9.17) is 14.6 Å². The second-order valence-electron chi connectivity index (χ2n) is 10.4. The SMILES string of the molecule is COc1ccc(C2=NN(C3CCN(C(=O)c4cccc5cccc(Br)c45)CC3)C(C=O)C2(C)C)cc1OC. The maximum absolute atomic E-state index is 13.6. The molecule has 5 rings (SSSR count). The summed E-state index contributed by atoms with van der Waals surface area (Å²) in [5, 5.41) is 8.95. The summed E-state index contributed by atoms with van der Waals surface area (Å²) in [5.74, 6) is 1.30. The third kappa shape index (κ3) is 4.45. The highest BCUT2D eigenvalue weighted by atomic mass is 79.9. The van der Waals surface area contributed by atoms with Gasteiger partial charge in [-0.2, -0.15) is 5.10 Å². The van der Waals surface area contributed by atoms with Gasteiger partial charge in [-0.3, -0.25) is 9.80 Å². The monoisotopic (exact) mass is 577 g/mol. The van der Waals surface area contributed by atoms with Crippen LogP contribution in [0.5, 0.6) is 11.5 Å². The molecule has 7 nitrogen and oxygen atoms in total. The normalized spacial score (nSPS) is 19.4. The summed E-state index contributed by atoms with van der Waals surface area (Å²) in [6.07, 6.45) is 2.48. The molecular weight excluding hydrogens is 546 g/mol. The van der Waals surface area contributed by atoms with E-state index < -0.39 is 11.5 Å². The molecule has 3 aromatic carbocycles. The Morgan fingerprint density at radius 2 is 1.71 bits per heavy atom. The average Bonchev–Trinajstić information content (AvgIpc) is 3.21. The first-order valence-corrected chi connectivity index (χ1v) is 13.6. The van der Waals surface area contributed by atoms with Crippen molar-refractivity contribution in [2.75, 3.05) is 27.3 Å². The molecule has 0 spiro atoms. The molecule has 1 unspecified atom stereocenters. The highest BCUT2D eigenvalue weighted by Crippen LogP contribution is 2.40. The number of ether oxygens (including phenoxy) is 2. The lowest BCUT2D eigenvalue weighted by Crippen LogP contribution is -2.50. The van der Waals surface area contributed by atoms with Crippen LogP contribution in [0.15, 0.2) is 64.2 Å². The van der Waals surface area contributed by atoms with E-state index in [1.807, 2.05) is 64.5 Å². The minimum atomic E-state index is -0.496. The molecule has 0 bridgehead atoms. The van der Waals surface area contributed by atoms with E-state index in [1.54, 1.807) is 14.2 Å². The second kappa shape index (κ2) is 10.4. The van der Waals surface area contributed by atoms with E-state index in [9.17, 15) is 9.59 Å². The van der Waals surface area contributed by atoms with Gasteiger partial charge in [0.2, 0.25) is 0 Å². The lowest BCUT2D eigenvalue weighted by atomic mass is 9.78. The fraction of sp³-hybridized carbons (Fsp3) is 0.367. The molecule has 0 radical (unpaired) electrons. The van der Waals surface area contributed by atoms with Crippen molar-refractivity contribution in [2.45, 2.75) is 38.8 Å². The van der Waals surface area contributed by atoms with Crippen molar-refractivity contribution >= 4 is 44.6 Å². The Balaban J connectivity index is 1.37. The lowest BCUT2D eigenvalue weighted by Gasteiger charge is -2.39. The van der Waals surface area contributed by atoms with E-state index in [1.165, 1.54) is 0 Å². The zero-order chi connectivity index (χ0) is 27.0. The number of hydrogen-bond donors (Lipinski definition) is 0. The number of hydrazone groups is 1. The highest BCUT2D eigenvalue weighted by molar-refractivity contribution is 9.10. The number of piperidine rings is 1. The lowest BCUT2D eigenvalue weighted by molar-refractivity contribution is -0.115. The molecule has 1 fully saturated rings. The van der Waals surface area contributed by atoms with Crippen molar-refractivity contribution in [3.63, 3.8) is 0 Å². The van der Waals surface area contributed by atoms with E-state index in [-0.39, 0.29) is 11.9 Å². The van der Waals surface area contributed by atoms with Crippen LogP contribution in [0.25, 0.3) is 10.8 Å². The predicted octanol–water partition coefficient (Wildman–Crippen LogP) is 5.54. The Morgan fingerprint density at radius 3 is 2.37 bits per heavy atom. The van der Waals surface area contributed by atoms with Gasteiger partial charge in [0.1, 0.15) is 12.3 Å². The molecular formula is C30H32BrN3O4. The molecule has 8 heteroatoms. The van der Waals surface area contributed by atoms with Crippen LogP contribution in [0.4, 0.5) is 0 Å². The van der Waals surface area contributed by atoms with Crippen LogP contribution in [0.1, 0.15) is 42.6 Å². The smallest absolute Gasteiger partial charge is 0.254 e. The summed E-state index contributed by atoms with van der Waals surface area (Å²) in [4.78, 5) is 27.8. The first-order valence-electron chi connectivity index (χ1n) is 12.8. The van der Waals surface area contributed by atoms with Gasteiger partial charge in [0, 0.05) is 39.5 Å². The topological polar surface area (TPSA) is 71.4 Å². The number of nitrogens with zero attached hydrogens (tertiary/aromatic N) is 3. The van der Waals surface area contributed by atoms with Gasteiger partial charge >= 0.3 is 0 Å². The van der Waals surface area contributed by atoms with Gasteiger partial charge in [-0.05, 0) is 48.6 Å². The van der Waals surface area contributed by atoms with Crippen LogP contribution in [0.3, 0.4) is 0 Å². The van der Waals surface area contributed by atoms with Crippen LogP contribution in [-0.2, 0) is 4.79 Å². The van der Waals surface area contributed by atoms with Crippen molar-refractivity contribution in [3.05, 3.63) is 70.2 Å². The molecule has 0 aromatic heterocycles. The van der Waals surface area contributed by atoms with Crippen molar-refractivity contribution in [1.29, 1.82) is 0 Å². The summed E-state index contributed by atoms with van der Waals surface area (Å²) in [7, 11) is 3.21. The van der Waals surface area contributed by atoms with Crippen molar-refractivity contribution in [2.24, 2.45) is 10.5 Å². The number of likely N-dealkylation sites (tertiary alicyclic amines) is 1. The number of methoxy groups -OCH3 is 2. The summed E-state index contributed by atoms with van der Waals surface area (Å²) in [5.41, 5.74) is 1.95. The Morgan fingerprint density at radius 1 is 1.03 bits per heavy atom. The van der Waals surface area contributed by atoms with Crippen molar-refractivity contribution in [1.82, 2.24) is 9.91 Å². The van der Waals surface area contributed by atoms with Crippen LogP contribution < -0.4 is 9.47 Å². The van der Waals surface area contributed by atoms with E-state index in [2.05, 4.69) is 29.8 Å². The summed E-state index contributed by atoms with van der Waals surface area (Å²) >= 11 is 3.62. The number of rotatable bonds is 6. The standard InChI is InChI=1S/C30H32BrN3O4/c1-30(2)26(18-35)34(32-28(30)20-11-12-24(37-3)25(17-20)38-4)21-13-15-33(16-14-21)29(36)22-9-5-7-19-8-6-10-23(31)27(19)22/h5-12,17-18,21,26H,13-16H2,1-4H3. The highest BCUT2D eigenvalue weighted by Gasteiger charge is 2.47. The first kappa shape index (κ1) is 26.2. The maximum Gasteiger partial charge on any atom is 0.254 e. The van der Waals surface area contributed by atoms with Crippen molar-refractivity contribution < 1.29 is 19.1 Å². The van der Waals surface area contributed by atoms with Crippen molar-refractivity contribution in [3.8, 4) is 11.5 Å². The van der Waals surface area contributed by atoms with Gasteiger partial charge < -0.3 is 19.2 Å². The number of amides is 1. The van der Waals surface area contributed by atoms with Crippen LogP contribution >= 0.6 is 15.9 Å². The minimum Gasteiger partial charge on any atom is -0.493 e. The second-order valence-corrected chi connectivity index (χ2v) is 11.2. The number of halogens is 1. The molecule has 0 aliphatic carbocycles. The number of carbonyl (C=O) groups is 2. The summed E-state index contributed by atoms with van der Waals surface area (Å²) in [6.45, 7) is 5.32. The fourth-order valence-electron chi connectivity index (χ4n) is 5.71. The van der Waals surface area contributed by atoms with E-state index in [0.717, 1.165) is 45.6 Å². The predicted molar refractivity (Wildman–Crippen MR) is 152 cm³/mol. The number of fused-ring (bicyclic) bond motifs is 1. The Bertz CT molecular complexity index is 1410. The first-order chi connectivity index (χ1) is 18.3. The number of hydrogen-bond acceptors (Lipinski definition) is 6. The fourth-order valence-corrected chi connectivity index (χ4v) is 6.30. The third-order valence-corrected chi connectivity index (χ3v) is 8.51. The number of aldehydes is 1. The third-order valence-electron chi connectivity index (χ3n) is 7.85. The number of carbonyl (C=O) groups excluding carboxylic acids is 2. The van der Waals surface area contributed by atoms with Crippen LogP contribution in [-0.4, -0.2) is 67.2 Å². The van der Waals surface area contributed by atoms with Crippen LogP contribution in [0, 0.1) is 5.41 Å². The molecule has 2 aliphatic rings. The van der Waals surface area contributed by atoms with E-state index in [0.29, 0.717) is 30.2 Å². The van der Waals surface area contributed by atoms with Gasteiger partial charge in [-0.15, -0.1) is 0 Å². The molecule has 0 N–H and O–H groups in total. The summed E-state index contributed by atoms with van der Waals surface area (Å²) in [6, 6.07) is 17.2. The molecule has 198 valence electrons. The van der Waals surface area contributed by atoms with Crippen LogP contribution in [0.2, 0.25) is 0 Å². The maximum atomic E-state index is 13.6. The van der Waals surface area contributed by atoms with Gasteiger partial charge in [-0.1, -0.05) is 54.0 Å². The van der Waals surface area contributed by atoms with Gasteiger partial charge in [0.25, 0.3) is 5.91 Å². The molecule has 1 saturated heterocycles. The minimum absolute atomic E-state index is 0.0316. The Labute approximate surface area is 231 Å². The largest absolute Gasteiger partial charge is 0.493 e. The zero-order valence-electron chi connectivity index (χ0n) is 22.1. The molecule has 2 heterocycles. The average molecular weight is 579 g/mol. The molecule has 0 saturated carbocycles. The Kier molecular flexibility index (Phi) is 7.18. The zero-order valence-corrected chi connectivity index (χ0v) is 23.7. The quantitative estimate of drug-likeness (QED) is 0.360. The summed E-state index contributed by atoms with van der Waals surface area (Å²) < 4.78 is 11.8. The molecule has 38 heavy (non-hydrogen) atoms. The van der Waals surface area contributed by atoms with Gasteiger partial charge in [0.05, 0.1) is 26.0 Å². The molecule has 1 atom stereocenters. The molecule has 1 amide bonds. The van der Waals surface area contributed by atoms with Gasteiger partial charge in [-0.25, -0.2) is 0 Å². The Hall–Kier alpha value is -3.39. The molecule has 2 aliphatic heterocycles.